The average molecular weight is 373 g/mol. The lowest BCUT2D eigenvalue weighted by Gasteiger charge is -2.47. The van der Waals surface area contributed by atoms with Gasteiger partial charge in [-0.05, 0) is 32.3 Å². The van der Waals surface area contributed by atoms with Gasteiger partial charge in [-0.15, -0.1) is 0 Å². The molecule has 1 unspecified atom stereocenters. The monoisotopic (exact) mass is 373 g/mol. The molecule has 2 aliphatic rings. The number of rotatable bonds is 2. The molecule has 6 nitrogen and oxygen atoms in total. The summed E-state index contributed by atoms with van der Waals surface area (Å²) in [5.41, 5.74) is 0.788. The fraction of sp³-hybridized carbons (Fsp3) is 0.619. The maximum absolute atomic E-state index is 13.3. The molecule has 1 aromatic carbocycles. The Labute approximate surface area is 162 Å². The maximum Gasteiger partial charge on any atom is 0.319 e. The van der Waals surface area contributed by atoms with Crippen molar-refractivity contribution in [3.05, 3.63) is 35.9 Å². The van der Waals surface area contributed by atoms with Crippen molar-refractivity contribution in [2.45, 2.75) is 38.3 Å². The van der Waals surface area contributed by atoms with Gasteiger partial charge in [0.05, 0.1) is 18.7 Å². The van der Waals surface area contributed by atoms with Crippen molar-refractivity contribution in [3.8, 4) is 0 Å². The molecule has 2 aliphatic heterocycles. The zero-order chi connectivity index (χ0) is 19.6. The van der Waals surface area contributed by atoms with Crippen LogP contribution in [0.5, 0.6) is 0 Å². The summed E-state index contributed by atoms with van der Waals surface area (Å²) < 4.78 is 6.07. The van der Waals surface area contributed by atoms with E-state index < -0.39 is 0 Å². The van der Waals surface area contributed by atoms with E-state index >= 15 is 0 Å². The molecule has 0 aliphatic carbocycles. The molecule has 1 atom stereocenters. The van der Waals surface area contributed by atoms with Crippen LogP contribution in [0.3, 0.4) is 0 Å². The lowest BCUT2D eigenvalue weighted by Crippen LogP contribution is -2.58. The van der Waals surface area contributed by atoms with E-state index in [1.54, 1.807) is 19.0 Å². The lowest BCUT2D eigenvalue weighted by molar-refractivity contribution is -0.160. The fourth-order valence-electron chi connectivity index (χ4n) is 3.93. The molecule has 3 rings (SSSR count). The van der Waals surface area contributed by atoms with Crippen LogP contribution in [-0.4, -0.2) is 72.5 Å². The summed E-state index contributed by atoms with van der Waals surface area (Å²) in [7, 11) is 3.53. The number of amides is 3. The Morgan fingerprint density at radius 1 is 1.11 bits per heavy atom. The summed E-state index contributed by atoms with van der Waals surface area (Å²) in [5.74, 6) is 0.172. The number of carbonyl (C=O) groups excluding carboxylic acids is 2. The van der Waals surface area contributed by atoms with Crippen LogP contribution in [0.15, 0.2) is 30.3 Å². The number of morpholine rings is 1. The summed E-state index contributed by atoms with van der Waals surface area (Å²) in [5, 5.41) is 0. The molecule has 3 amide bonds. The average Bonchev–Trinajstić information content (AvgIpc) is 2.67. The van der Waals surface area contributed by atoms with Crippen molar-refractivity contribution < 1.29 is 14.3 Å². The highest BCUT2D eigenvalue weighted by Gasteiger charge is 2.41. The van der Waals surface area contributed by atoms with Gasteiger partial charge in [0.25, 0.3) is 0 Å². The highest BCUT2D eigenvalue weighted by Crippen LogP contribution is 2.33. The van der Waals surface area contributed by atoms with Crippen molar-refractivity contribution in [1.82, 2.24) is 14.7 Å². The Bertz CT molecular complexity index is 667. The second-order valence-electron chi connectivity index (χ2n) is 8.41. The molecular formula is C21H31N3O3. The lowest BCUT2D eigenvalue weighted by atomic mass is 9.91. The molecule has 2 fully saturated rings. The topological polar surface area (TPSA) is 53.1 Å². The number of piperidine rings is 1. The molecule has 2 heterocycles. The summed E-state index contributed by atoms with van der Waals surface area (Å²) >= 11 is 0. The second kappa shape index (κ2) is 7.89. The third kappa shape index (κ3) is 4.26. The quantitative estimate of drug-likeness (QED) is 0.801. The van der Waals surface area contributed by atoms with Gasteiger partial charge in [0, 0.05) is 33.1 Å². The normalized spacial score (nSPS) is 23.2. The number of hydrogen-bond acceptors (Lipinski definition) is 3. The predicted molar refractivity (Wildman–Crippen MR) is 104 cm³/mol. The van der Waals surface area contributed by atoms with Crippen molar-refractivity contribution in [1.29, 1.82) is 0 Å². The Hall–Kier alpha value is -2.08. The number of urea groups is 1. The third-order valence-corrected chi connectivity index (χ3v) is 5.65. The SMILES string of the molecule is CN(C)C(=O)N1CCC(C(=O)N2CC(c3ccccc3)OCC2(C)C)CC1. The van der Waals surface area contributed by atoms with Gasteiger partial charge in [0.15, 0.2) is 0 Å². The smallest absolute Gasteiger partial charge is 0.319 e. The number of hydrogen-bond donors (Lipinski definition) is 0. The molecular weight excluding hydrogens is 342 g/mol. The van der Waals surface area contributed by atoms with Crippen LogP contribution in [0, 0.1) is 5.92 Å². The standard InChI is InChI=1S/C21H31N3O3/c1-21(2)15-27-18(16-8-6-5-7-9-16)14-24(21)19(25)17-10-12-23(13-11-17)20(26)22(3)4/h5-9,17-18H,10-15H2,1-4H3. The van der Waals surface area contributed by atoms with Crippen molar-refractivity contribution in [2.24, 2.45) is 5.92 Å². The van der Waals surface area contributed by atoms with E-state index in [0.717, 1.165) is 18.4 Å². The predicted octanol–water partition coefficient (Wildman–Crippen LogP) is 2.76. The Balaban J connectivity index is 1.66. The molecule has 1 aromatic rings. The first-order valence-corrected chi connectivity index (χ1v) is 9.74. The summed E-state index contributed by atoms with van der Waals surface area (Å²) in [6.07, 6.45) is 1.36. The van der Waals surface area contributed by atoms with E-state index in [1.807, 2.05) is 28.0 Å². The van der Waals surface area contributed by atoms with Gasteiger partial charge in [0.2, 0.25) is 5.91 Å². The van der Waals surface area contributed by atoms with Crippen LogP contribution in [0.25, 0.3) is 0 Å². The van der Waals surface area contributed by atoms with Crippen LogP contribution in [0.1, 0.15) is 38.4 Å². The van der Waals surface area contributed by atoms with Crippen LogP contribution < -0.4 is 0 Å². The molecule has 2 saturated heterocycles. The second-order valence-corrected chi connectivity index (χ2v) is 8.41. The van der Waals surface area contributed by atoms with Crippen molar-refractivity contribution >= 4 is 11.9 Å². The molecule has 148 valence electrons. The first kappa shape index (κ1) is 19.7. The molecule has 0 bridgehead atoms. The molecule has 0 radical (unpaired) electrons. The zero-order valence-corrected chi connectivity index (χ0v) is 16.9. The van der Waals surface area contributed by atoms with Gasteiger partial charge >= 0.3 is 6.03 Å². The number of benzene rings is 1. The Kier molecular flexibility index (Phi) is 5.75. The van der Waals surface area contributed by atoms with Gasteiger partial charge in [-0.3, -0.25) is 4.79 Å². The molecule has 6 heteroatoms. The van der Waals surface area contributed by atoms with E-state index in [9.17, 15) is 9.59 Å². The Morgan fingerprint density at radius 2 is 1.74 bits per heavy atom. The molecule has 0 spiro atoms. The number of nitrogens with zero attached hydrogens (tertiary/aromatic N) is 3. The van der Waals surface area contributed by atoms with Crippen LogP contribution in [0.4, 0.5) is 4.79 Å². The number of ether oxygens (including phenoxy) is 1. The summed E-state index contributed by atoms with van der Waals surface area (Å²) in [4.78, 5) is 30.9. The van der Waals surface area contributed by atoms with Crippen molar-refractivity contribution in [2.75, 3.05) is 40.3 Å². The molecule has 0 N–H and O–H groups in total. The van der Waals surface area contributed by atoms with E-state index in [4.69, 9.17) is 4.74 Å². The van der Waals surface area contributed by atoms with Crippen LogP contribution >= 0.6 is 0 Å². The largest absolute Gasteiger partial charge is 0.369 e. The first-order chi connectivity index (χ1) is 12.8. The highest BCUT2D eigenvalue weighted by molar-refractivity contribution is 5.80. The minimum absolute atomic E-state index is 0.0231. The van der Waals surface area contributed by atoms with Gasteiger partial charge in [-0.1, -0.05) is 30.3 Å². The molecule has 27 heavy (non-hydrogen) atoms. The number of carbonyl (C=O) groups is 2. The number of likely N-dealkylation sites (tertiary alicyclic amines) is 1. The van der Waals surface area contributed by atoms with E-state index in [-0.39, 0.29) is 29.5 Å². The minimum Gasteiger partial charge on any atom is -0.369 e. The minimum atomic E-state index is -0.320. The van der Waals surface area contributed by atoms with Crippen molar-refractivity contribution in [3.63, 3.8) is 0 Å². The zero-order valence-electron chi connectivity index (χ0n) is 16.9. The van der Waals surface area contributed by atoms with E-state index in [1.165, 1.54) is 0 Å². The summed E-state index contributed by atoms with van der Waals surface area (Å²) in [6, 6.07) is 10.1. The van der Waals surface area contributed by atoms with Crippen LogP contribution in [0.2, 0.25) is 0 Å². The maximum atomic E-state index is 13.3. The fourth-order valence-corrected chi connectivity index (χ4v) is 3.93. The van der Waals surface area contributed by atoms with E-state index in [0.29, 0.717) is 26.2 Å². The van der Waals surface area contributed by atoms with Crippen LogP contribution in [-0.2, 0) is 9.53 Å². The first-order valence-electron chi connectivity index (χ1n) is 9.74. The van der Waals surface area contributed by atoms with E-state index in [2.05, 4.69) is 26.0 Å². The van der Waals surface area contributed by atoms with Gasteiger partial charge < -0.3 is 19.4 Å². The third-order valence-electron chi connectivity index (χ3n) is 5.65. The van der Waals surface area contributed by atoms with Gasteiger partial charge in [0.1, 0.15) is 6.10 Å². The Morgan fingerprint density at radius 3 is 2.33 bits per heavy atom. The highest BCUT2D eigenvalue weighted by atomic mass is 16.5. The summed E-state index contributed by atoms with van der Waals surface area (Å²) in [6.45, 7) is 6.51. The molecule has 0 saturated carbocycles. The molecule has 0 aromatic heterocycles. The van der Waals surface area contributed by atoms with Gasteiger partial charge in [-0.25, -0.2) is 4.79 Å². The van der Waals surface area contributed by atoms with Gasteiger partial charge in [-0.2, -0.15) is 0 Å².